The average molecular weight is 346 g/mol. The summed E-state index contributed by atoms with van der Waals surface area (Å²) in [4.78, 5) is 12.1. The van der Waals surface area contributed by atoms with Gasteiger partial charge in [0.2, 0.25) is 0 Å². The van der Waals surface area contributed by atoms with Gasteiger partial charge >= 0.3 is 0 Å². The maximum absolute atomic E-state index is 13.5. The van der Waals surface area contributed by atoms with E-state index in [4.69, 9.17) is 10.00 Å². The number of amides is 1. The average Bonchev–Trinajstić information content (AvgIpc) is 2.70. The molecule has 8 heteroatoms. The van der Waals surface area contributed by atoms with Crippen molar-refractivity contribution in [1.29, 1.82) is 5.26 Å². The Morgan fingerprint density at radius 1 is 1.25 bits per heavy atom. The molecule has 0 unspecified atom stereocenters. The van der Waals surface area contributed by atoms with Gasteiger partial charge < -0.3 is 4.74 Å². The largest absolute Gasteiger partial charge is 0.457 e. The number of nitriles is 1. The van der Waals surface area contributed by atoms with Crippen molar-refractivity contribution in [3.05, 3.63) is 52.8 Å². The summed E-state index contributed by atoms with van der Waals surface area (Å²) < 4.78 is 44.0. The van der Waals surface area contributed by atoms with Gasteiger partial charge in [-0.25, -0.2) is 17.1 Å². The molecule has 24 heavy (non-hydrogen) atoms. The third-order valence-electron chi connectivity index (χ3n) is 3.74. The van der Waals surface area contributed by atoms with E-state index in [1.807, 2.05) is 6.07 Å². The number of hydrogen-bond donors (Lipinski definition) is 0. The van der Waals surface area contributed by atoms with Crippen LogP contribution in [0.3, 0.4) is 0 Å². The highest BCUT2D eigenvalue weighted by molar-refractivity contribution is 7.90. The Balaban J connectivity index is 2.09. The molecule has 0 saturated heterocycles. The second-order valence-electron chi connectivity index (χ2n) is 5.23. The fraction of sp³-hybridized carbons (Fsp3) is 0.125. The first-order valence-corrected chi connectivity index (χ1v) is 8.25. The fourth-order valence-electron chi connectivity index (χ4n) is 2.49. The van der Waals surface area contributed by atoms with E-state index in [1.165, 1.54) is 25.2 Å². The van der Waals surface area contributed by atoms with Gasteiger partial charge in [-0.15, -0.1) is 0 Å². The summed E-state index contributed by atoms with van der Waals surface area (Å²) in [6, 6.07) is 7.99. The molecular formula is C16H11FN2O4S. The zero-order chi connectivity index (χ0) is 17.6. The van der Waals surface area contributed by atoms with Gasteiger partial charge in [0, 0.05) is 18.7 Å². The van der Waals surface area contributed by atoms with E-state index >= 15 is 0 Å². The van der Waals surface area contributed by atoms with Crippen LogP contribution in [0.25, 0.3) is 0 Å². The van der Waals surface area contributed by atoms with Crippen LogP contribution in [0.1, 0.15) is 21.5 Å². The van der Waals surface area contributed by atoms with Gasteiger partial charge in [-0.1, -0.05) is 0 Å². The fourth-order valence-corrected chi connectivity index (χ4v) is 3.83. The number of carbonyl (C=O) groups excluding carboxylic acids is 1. The first-order chi connectivity index (χ1) is 11.3. The van der Waals surface area contributed by atoms with Crippen molar-refractivity contribution in [2.45, 2.75) is 11.8 Å². The van der Waals surface area contributed by atoms with Gasteiger partial charge in [-0.05, 0) is 31.2 Å². The van der Waals surface area contributed by atoms with E-state index in [0.29, 0.717) is 9.87 Å². The molecular weight excluding hydrogens is 335 g/mol. The van der Waals surface area contributed by atoms with Gasteiger partial charge in [-0.3, -0.25) is 4.79 Å². The lowest BCUT2D eigenvalue weighted by atomic mass is 10.1. The van der Waals surface area contributed by atoms with E-state index in [9.17, 15) is 17.6 Å². The molecule has 0 aliphatic carbocycles. The molecule has 0 bridgehead atoms. The van der Waals surface area contributed by atoms with Crippen LogP contribution >= 0.6 is 0 Å². The van der Waals surface area contributed by atoms with Crippen LogP contribution in [0.5, 0.6) is 11.5 Å². The van der Waals surface area contributed by atoms with Crippen LogP contribution in [-0.4, -0.2) is 25.7 Å². The third-order valence-corrected chi connectivity index (χ3v) is 5.53. The first kappa shape index (κ1) is 16.0. The van der Waals surface area contributed by atoms with Crippen molar-refractivity contribution in [2.24, 2.45) is 0 Å². The highest BCUT2D eigenvalue weighted by Crippen LogP contribution is 2.37. The molecule has 6 nitrogen and oxygen atoms in total. The molecule has 2 aromatic rings. The van der Waals surface area contributed by atoms with E-state index < -0.39 is 21.7 Å². The summed E-state index contributed by atoms with van der Waals surface area (Å²) in [5.41, 5.74) is 0.447. The monoisotopic (exact) mass is 346 g/mol. The number of nitrogens with zero attached hydrogens (tertiary/aromatic N) is 2. The van der Waals surface area contributed by atoms with Crippen molar-refractivity contribution in [2.75, 3.05) is 7.05 Å². The lowest BCUT2D eigenvalue weighted by molar-refractivity contribution is 0.0890. The van der Waals surface area contributed by atoms with Gasteiger partial charge in [0.05, 0.1) is 17.2 Å². The molecule has 1 aliphatic rings. The summed E-state index contributed by atoms with van der Waals surface area (Å²) >= 11 is 0. The minimum absolute atomic E-state index is 0.0342. The highest BCUT2D eigenvalue weighted by atomic mass is 32.2. The molecule has 0 saturated carbocycles. The number of halogens is 1. The van der Waals surface area contributed by atoms with E-state index in [1.54, 1.807) is 6.92 Å². The zero-order valence-corrected chi connectivity index (χ0v) is 13.5. The van der Waals surface area contributed by atoms with Gasteiger partial charge in [0.25, 0.3) is 15.9 Å². The number of rotatable bonds is 2. The molecule has 0 N–H and O–H groups in total. The SMILES string of the molecule is Cc1c(Oc2cc(F)cc(C#N)c2)ccc2c1C(=O)N(C)S2(=O)=O. The van der Waals surface area contributed by atoms with Crippen LogP contribution in [0.15, 0.2) is 35.2 Å². The standard InChI is InChI=1S/C16H11FN2O4S/c1-9-13(23-12-6-10(8-18)5-11(17)7-12)3-4-14-15(9)16(20)19(2)24(14,21)22/h3-7H,1-2H3. The maximum atomic E-state index is 13.5. The quantitative estimate of drug-likeness (QED) is 0.834. The Labute approximate surface area is 137 Å². The Morgan fingerprint density at radius 2 is 1.96 bits per heavy atom. The molecule has 122 valence electrons. The summed E-state index contributed by atoms with van der Waals surface area (Å²) in [6.45, 7) is 1.55. The summed E-state index contributed by atoms with van der Waals surface area (Å²) in [5, 5.41) is 8.87. The van der Waals surface area contributed by atoms with Crippen LogP contribution in [0, 0.1) is 24.1 Å². The van der Waals surface area contributed by atoms with Gasteiger partial charge in [0.15, 0.2) is 0 Å². The lowest BCUT2D eigenvalue weighted by Gasteiger charge is -2.11. The molecule has 2 aromatic carbocycles. The topological polar surface area (TPSA) is 87.5 Å². The number of benzene rings is 2. The minimum Gasteiger partial charge on any atom is -0.457 e. The summed E-state index contributed by atoms with van der Waals surface area (Å²) in [6.07, 6.45) is 0. The second kappa shape index (κ2) is 5.32. The van der Waals surface area contributed by atoms with Crippen LogP contribution < -0.4 is 4.74 Å². The molecule has 0 fully saturated rings. The Bertz CT molecular complexity index is 1030. The zero-order valence-electron chi connectivity index (χ0n) is 12.7. The Hall–Kier alpha value is -2.92. The summed E-state index contributed by atoms with van der Waals surface area (Å²) in [7, 11) is -2.65. The number of sulfonamides is 1. The second-order valence-corrected chi connectivity index (χ2v) is 7.17. The number of ether oxygens (including phenoxy) is 1. The van der Waals surface area contributed by atoms with Gasteiger partial charge in [0.1, 0.15) is 22.2 Å². The Morgan fingerprint density at radius 3 is 2.62 bits per heavy atom. The Kier molecular flexibility index (Phi) is 3.53. The predicted molar refractivity (Wildman–Crippen MR) is 81.6 cm³/mol. The molecule has 1 amide bonds. The lowest BCUT2D eigenvalue weighted by Crippen LogP contribution is -2.25. The van der Waals surface area contributed by atoms with Crippen molar-refractivity contribution >= 4 is 15.9 Å². The number of carbonyl (C=O) groups is 1. The minimum atomic E-state index is -3.84. The molecule has 0 spiro atoms. The molecule has 0 aromatic heterocycles. The van der Waals surface area contributed by atoms with E-state index in [0.717, 1.165) is 12.1 Å². The highest BCUT2D eigenvalue weighted by Gasteiger charge is 2.40. The van der Waals surface area contributed by atoms with Crippen molar-refractivity contribution < 1.29 is 22.3 Å². The number of fused-ring (bicyclic) bond motifs is 1. The number of hydrogen-bond acceptors (Lipinski definition) is 5. The molecule has 0 atom stereocenters. The van der Waals surface area contributed by atoms with Crippen LogP contribution in [-0.2, 0) is 10.0 Å². The molecule has 3 rings (SSSR count). The predicted octanol–water partition coefficient (Wildman–Crippen LogP) is 2.57. The van der Waals surface area contributed by atoms with E-state index in [-0.39, 0.29) is 27.5 Å². The molecule has 1 aliphatic heterocycles. The molecule has 0 radical (unpaired) electrons. The van der Waals surface area contributed by atoms with Crippen LogP contribution in [0.2, 0.25) is 0 Å². The van der Waals surface area contributed by atoms with Crippen molar-refractivity contribution in [3.63, 3.8) is 0 Å². The molecule has 1 heterocycles. The smallest absolute Gasteiger partial charge is 0.269 e. The summed E-state index contributed by atoms with van der Waals surface area (Å²) in [5.74, 6) is -0.996. The van der Waals surface area contributed by atoms with Gasteiger partial charge in [-0.2, -0.15) is 5.26 Å². The van der Waals surface area contributed by atoms with E-state index in [2.05, 4.69) is 0 Å². The first-order valence-electron chi connectivity index (χ1n) is 6.81. The van der Waals surface area contributed by atoms with Crippen molar-refractivity contribution in [1.82, 2.24) is 4.31 Å². The normalized spacial score (nSPS) is 15.1. The van der Waals surface area contributed by atoms with Crippen molar-refractivity contribution in [3.8, 4) is 17.6 Å². The maximum Gasteiger partial charge on any atom is 0.269 e. The van der Waals surface area contributed by atoms with Crippen LogP contribution in [0.4, 0.5) is 4.39 Å². The third kappa shape index (κ3) is 2.30.